The van der Waals surface area contributed by atoms with E-state index in [4.69, 9.17) is 28.4 Å². The van der Waals surface area contributed by atoms with E-state index < -0.39 is 124 Å². The number of hydrogen-bond acceptors (Lipinski definition) is 18. The Labute approximate surface area is 449 Å². The van der Waals surface area contributed by atoms with Crippen LogP contribution in [0.5, 0.6) is 0 Å². The fraction of sp³-hybridized carbons (Fsp3) is 0.982. The van der Waals surface area contributed by atoms with Gasteiger partial charge in [0.15, 0.2) is 18.9 Å². The summed E-state index contributed by atoms with van der Waals surface area (Å²) in [5, 5.41) is 120. The van der Waals surface area contributed by atoms with Crippen molar-refractivity contribution in [2.45, 2.75) is 324 Å². The maximum Gasteiger partial charge on any atom is 0.220 e. The lowest BCUT2D eigenvalue weighted by Crippen LogP contribution is -2.66. The van der Waals surface area contributed by atoms with Gasteiger partial charge in [-0.2, -0.15) is 0 Å². The lowest BCUT2D eigenvalue weighted by Gasteiger charge is -2.48. The molecule has 75 heavy (non-hydrogen) atoms. The maximum atomic E-state index is 13.3. The molecule has 0 radical (unpaired) electrons. The molecule has 19 nitrogen and oxygen atoms in total. The van der Waals surface area contributed by atoms with Gasteiger partial charge in [-0.1, -0.05) is 200 Å². The summed E-state index contributed by atoms with van der Waals surface area (Å²) in [6.07, 6.45) is 10.4. The second kappa shape index (κ2) is 40.9. The SMILES string of the molecule is CCCCCCCCCCCCCCCCCCC(O)C(COC1OC(CO)C(OC2OC(CO)C(OC3OC(CO)C(O)C(O)C3O)C(O)C2O)C(O)C1O)NC(=O)CCCCCCCCCCCCCCCC. The number of amides is 1. The minimum absolute atomic E-state index is 0.240. The topological polar surface area (TPSA) is 307 Å². The summed E-state index contributed by atoms with van der Waals surface area (Å²) < 4.78 is 34.3. The molecule has 3 aliphatic heterocycles. The average Bonchev–Trinajstić information content (AvgIpc) is 3.41. The number of unbranched alkanes of at least 4 members (excludes halogenated alkanes) is 28. The Morgan fingerprint density at radius 3 is 1.16 bits per heavy atom. The van der Waals surface area contributed by atoms with Crippen molar-refractivity contribution in [1.29, 1.82) is 0 Å². The van der Waals surface area contributed by atoms with Crippen LogP contribution in [0.4, 0.5) is 0 Å². The Hall–Kier alpha value is -1.21. The highest BCUT2D eigenvalue weighted by Crippen LogP contribution is 2.33. The van der Waals surface area contributed by atoms with Crippen molar-refractivity contribution in [2.24, 2.45) is 0 Å². The van der Waals surface area contributed by atoms with Gasteiger partial charge in [0.25, 0.3) is 0 Å². The zero-order valence-electron chi connectivity index (χ0n) is 46.0. The van der Waals surface area contributed by atoms with Crippen molar-refractivity contribution in [1.82, 2.24) is 5.32 Å². The van der Waals surface area contributed by atoms with Crippen LogP contribution in [-0.2, 0) is 33.2 Å². The van der Waals surface area contributed by atoms with Gasteiger partial charge >= 0.3 is 0 Å². The van der Waals surface area contributed by atoms with Crippen LogP contribution in [0.25, 0.3) is 0 Å². The molecule has 0 aromatic heterocycles. The summed E-state index contributed by atoms with van der Waals surface area (Å²) in [5.41, 5.74) is 0. The third-order valence-electron chi connectivity index (χ3n) is 15.4. The lowest BCUT2D eigenvalue weighted by atomic mass is 9.96. The highest BCUT2D eigenvalue weighted by atomic mass is 16.8. The quantitative estimate of drug-likeness (QED) is 0.0364. The summed E-state index contributed by atoms with van der Waals surface area (Å²) in [7, 11) is 0. The first kappa shape index (κ1) is 68.1. The molecule has 0 saturated carbocycles. The van der Waals surface area contributed by atoms with Crippen LogP contribution in [0, 0.1) is 0 Å². The Kier molecular flexibility index (Phi) is 37.1. The molecule has 3 saturated heterocycles. The van der Waals surface area contributed by atoms with Crippen molar-refractivity contribution < 1.29 is 89.4 Å². The van der Waals surface area contributed by atoms with Gasteiger partial charge in [0, 0.05) is 6.42 Å². The number of aliphatic hydroxyl groups excluding tert-OH is 11. The van der Waals surface area contributed by atoms with Gasteiger partial charge in [-0.25, -0.2) is 0 Å². The van der Waals surface area contributed by atoms with Gasteiger partial charge in [-0.05, 0) is 12.8 Å². The molecule has 0 aliphatic carbocycles. The first-order valence-electron chi connectivity index (χ1n) is 29.8. The monoisotopic (exact) mass is 1080 g/mol. The molecule has 12 N–H and O–H groups in total. The smallest absolute Gasteiger partial charge is 0.220 e. The number of hydrogen-bond donors (Lipinski definition) is 12. The largest absolute Gasteiger partial charge is 0.394 e. The molecule has 19 heteroatoms. The summed E-state index contributed by atoms with van der Waals surface area (Å²) in [6.45, 7) is 1.80. The van der Waals surface area contributed by atoms with Gasteiger partial charge in [0.2, 0.25) is 5.91 Å². The molecule has 17 atom stereocenters. The molecule has 0 aromatic rings. The van der Waals surface area contributed by atoms with E-state index in [1.807, 2.05) is 0 Å². The summed E-state index contributed by atoms with van der Waals surface area (Å²) >= 11 is 0. The standard InChI is InChI=1S/C56H107NO18/c1-3-5-7-9-11-13-15-17-19-20-21-23-25-27-29-31-33-40(61)39(57-44(62)34-32-30-28-26-24-22-18-16-14-12-10-8-6-4-2)38-70-54-50(68)47(65)52(42(36-59)72-54)75-56-51(69)48(66)53(43(37-60)73-56)74-55-49(67)46(64)45(63)41(35-58)71-55/h39-43,45-56,58-61,63-69H,3-38H2,1-2H3,(H,57,62). The molecule has 3 fully saturated rings. The van der Waals surface area contributed by atoms with Crippen LogP contribution in [0.3, 0.4) is 0 Å². The number of ether oxygens (including phenoxy) is 6. The molecule has 0 aromatic carbocycles. The predicted octanol–water partition coefficient (Wildman–Crippen LogP) is 4.82. The molecular weight excluding hydrogens is 975 g/mol. The van der Waals surface area contributed by atoms with Crippen molar-refractivity contribution in [2.75, 3.05) is 26.4 Å². The fourth-order valence-electron chi connectivity index (χ4n) is 10.5. The minimum atomic E-state index is -1.97. The average molecular weight is 1080 g/mol. The van der Waals surface area contributed by atoms with Crippen LogP contribution in [0.15, 0.2) is 0 Å². The molecule has 17 unspecified atom stereocenters. The van der Waals surface area contributed by atoms with Crippen LogP contribution in [0.2, 0.25) is 0 Å². The van der Waals surface area contributed by atoms with Gasteiger partial charge in [0.05, 0.1) is 38.6 Å². The Bertz CT molecular complexity index is 1390. The predicted molar refractivity (Wildman–Crippen MR) is 282 cm³/mol. The molecule has 3 aliphatic rings. The summed E-state index contributed by atoms with van der Waals surface area (Å²) in [6, 6.07) is -0.879. The van der Waals surface area contributed by atoms with Crippen LogP contribution >= 0.6 is 0 Å². The second-order valence-corrected chi connectivity index (χ2v) is 21.8. The maximum absolute atomic E-state index is 13.3. The van der Waals surface area contributed by atoms with Crippen molar-refractivity contribution in [3.8, 4) is 0 Å². The number of carbonyl (C=O) groups excluding carboxylic acids is 1. The third-order valence-corrected chi connectivity index (χ3v) is 15.4. The second-order valence-electron chi connectivity index (χ2n) is 21.8. The molecular formula is C56H107NO18. The molecule has 1 amide bonds. The highest BCUT2D eigenvalue weighted by Gasteiger charge is 2.53. The summed E-state index contributed by atoms with van der Waals surface area (Å²) in [5.74, 6) is -0.240. The van der Waals surface area contributed by atoms with E-state index in [0.29, 0.717) is 12.8 Å². The van der Waals surface area contributed by atoms with Crippen molar-refractivity contribution in [3.05, 3.63) is 0 Å². The summed E-state index contributed by atoms with van der Waals surface area (Å²) in [4.78, 5) is 13.3. The number of nitrogens with one attached hydrogen (secondary N) is 1. The third kappa shape index (κ3) is 25.4. The molecule has 3 rings (SSSR count). The van der Waals surface area contributed by atoms with Gasteiger partial charge in [-0.3, -0.25) is 4.79 Å². The van der Waals surface area contributed by atoms with Crippen LogP contribution in [0.1, 0.15) is 219 Å². The number of rotatable bonds is 44. The van der Waals surface area contributed by atoms with Crippen LogP contribution < -0.4 is 5.32 Å². The Morgan fingerprint density at radius 2 is 0.760 bits per heavy atom. The molecule has 444 valence electrons. The van der Waals surface area contributed by atoms with E-state index in [1.54, 1.807) is 0 Å². The van der Waals surface area contributed by atoms with Crippen molar-refractivity contribution >= 4 is 5.91 Å². The zero-order chi connectivity index (χ0) is 54.8. The van der Waals surface area contributed by atoms with Gasteiger partial charge < -0.3 is 89.9 Å². The zero-order valence-corrected chi connectivity index (χ0v) is 46.0. The van der Waals surface area contributed by atoms with E-state index >= 15 is 0 Å². The molecule has 0 spiro atoms. The normalized spacial score (nSPS) is 31.1. The number of carbonyl (C=O) groups is 1. The number of aliphatic hydroxyl groups is 11. The van der Waals surface area contributed by atoms with Crippen LogP contribution in [-0.4, -0.2) is 193 Å². The van der Waals surface area contributed by atoms with E-state index in [0.717, 1.165) is 44.9 Å². The first-order valence-corrected chi connectivity index (χ1v) is 29.8. The van der Waals surface area contributed by atoms with E-state index in [2.05, 4.69) is 19.2 Å². The van der Waals surface area contributed by atoms with E-state index in [-0.39, 0.29) is 18.9 Å². The van der Waals surface area contributed by atoms with Crippen molar-refractivity contribution in [3.63, 3.8) is 0 Å². The lowest BCUT2D eigenvalue weighted by molar-refractivity contribution is -0.379. The van der Waals surface area contributed by atoms with Gasteiger partial charge in [0.1, 0.15) is 73.2 Å². The van der Waals surface area contributed by atoms with E-state index in [1.165, 1.54) is 141 Å². The fourth-order valence-corrected chi connectivity index (χ4v) is 10.5. The first-order chi connectivity index (χ1) is 36.3. The Balaban J connectivity index is 1.50. The minimum Gasteiger partial charge on any atom is -0.394 e. The van der Waals surface area contributed by atoms with E-state index in [9.17, 15) is 61.0 Å². The Morgan fingerprint density at radius 1 is 0.427 bits per heavy atom. The highest BCUT2D eigenvalue weighted by molar-refractivity contribution is 5.76. The molecule has 3 heterocycles. The van der Waals surface area contributed by atoms with Gasteiger partial charge in [-0.15, -0.1) is 0 Å². The molecule has 0 bridgehead atoms.